The van der Waals surface area contributed by atoms with Crippen molar-refractivity contribution < 1.29 is 9.47 Å². The molecule has 2 nitrogen and oxygen atoms in total. The maximum absolute atomic E-state index is 5.41. The molecule has 8 aromatic carbocycles. The molecule has 0 saturated heterocycles. The maximum Gasteiger partial charge on any atom is 0.118 e. The summed E-state index contributed by atoms with van der Waals surface area (Å²) in [5, 5.41) is 2.43. The van der Waals surface area contributed by atoms with E-state index in [2.05, 4.69) is 206 Å². The van der Waals surface area contributed by atoms with Crippen molar-refractivity contribution in [1.82, 2.24) is 0 Å². The second kappa shape index (κ2) is 18.0. The molecule has 0 unspecified atom stereocenters. The molecule has 58 heavy (non-hydrogen) atoms. The molecule has 0 aliphatic rings. The van der Waals surface area contributed by atoms with Gasteiger partial charge in [0, 0.05) is 0 Å². The van der Waals surface area contributed by atoms with Crippen LogP contribution in [0.2, 0.25) is 0 Å². The van der Waals surface area contributed by atoms with Gasteiger partial charge in [0.15, 0.2) is 0 Å². The third-order valence-electron chi connectivity index (χ3n) is 10.3. The Hall–Kier alpha value is -7.42. The summed E-state index contributed by atoms with van der Waals surface area (Å²) < 4.78 is 10.8. The van der Waals surface area contributed by atoms with E-state index in [-0.39, 0.29) is 0 Å². The predicted molar refractivity (Wildman–Crippen MR) is 248 cm³/mol. The summed E-state index contributed by atoms with van der Waals surface area (Å²) in [5.41, 5.74) is 13.8. The lowest BCUT2D eigenvalue weighted by atomic mass is 9.95. The minimum absolute atomic E-state index is 0.846. The number of ether oxygens (including phenoxy) is 2. The largest absolute Gasteiger partial charge is 0.497 e. The average Bonchev–Trinajstić information content (AvgIpc) is 3.30. The zero-order valence-corrected chi connectivity index (χ0v) is 32.8. The average molecular weight is 749 g/mol. The van der Waals surface area contributed by atoms with Gasteiger partial charge in [0.2, 0.25) is 0 Å². The van der Waals surface area contributed by atoms with E-state index in [4.69, 9.17) is 9.47 Å². The van der Waals surface area contributed by atoms with Crippen molar-refractivity contribution in [1.29, 1.82) is 0 Å². The van der Waals surface area contributed by atoms with Crippen molar-refractivity contribution in [3.05, 3.63) is 250 Å². The van der Waals surface area contributed by atoms with Gasteiger partial charge in [0.25, 0.3) is 0 Å². The lowest BCUT2D eigenvalue weighted by molar-refractivity contribution is 0.414. The Morgan fingerprint density at radius 2 is 0.655 bits per heavy atom. The van der Waals surface area contributed by atoms with Crippen LogP contribution in [0.3, 0.4) is 0 Å². The summed E-state index contributed by atoms with van der Waals surface area (Å²) in [4.78, 5) is 0. The molecule has 8 aromatic rings. The lowest BCUT2D eigenvalue weighted by Gasteiger charge is -2.10. The van der Waals surface area contributed by atoms with Crippen LogP contribution < -0.4 is 9.47 Å². The number of hydrogen-bond donors (Lipinski definition) is 0. The summed E-state index contributed by atoms with van der Waals surface area (Å²) in [6.07, 6.45) is 13.4. The van der Waals surface area contributed by atoms with Crippen molar-refractivity contribution in [2.24, 2.45) is 0 Å². The van der Waals surface area contributed by atoms with Crippen molar-refractivity contribution >= 4 is 58.4 Å². The van der Waals surface area contributed by atoms with Crippen LogP contribution in [0, 0.1) is 0 Å². The van der Waals surface area contributed by atoms with Crippen LogP contribution in [0.4, 0.5) is 0 Å². The van der Waals surface area contributed by atoms with Crippen LogP contribution in [0.1, 0.15) is 55.6 Å². The topological polar surface area (TPSA) is 18.5 Å². The summed E-state index contributed by atoms with van der Waals surface area (Å²) in [6.45, 7) is 0. The Balaban J connectivity index is 1.05. The zero-order valence-electron chi connectivity index (χ0n) is 32.8. The van der Waals surface area contributed by atoms with Crippen LogP contribution in [0.15, 0.2) is 194 Å². The molecule has 0 fully saturated rings. The first-order valence-electron chi connectivity index (χ1n) is 19.5. The van der Waals surface area contributed by atoms with Crippen LogP contribution in [-0.4, -0.2) is 14.2 Å². The molecular weight excluding hydrogens is 705 g/mol. The normalized spacial score (nSPS) is 12.0. The van der Waals surface area contributed by atoms with Gasteiger partial charge in [-0.2, -0.15) is 0 Å². The minimum Gasteiger partial charge on any atom is -0.497 e. The van der Waals surface area contributed by atoms with Gasteiger partial charge in [-0.3, -0.25) is 0 Å². The minimum atomic E-state index is 0.846. The first-order valence-corrected chi connectivity index (χ1v) is 19.5. The summed E-state index contributed by atoms with van der Waals surface area (Å²) in [5.74, 6) is 1.69. The molecule has 0 heterocycles. The van der Waals surface area contributed by atoms with Gasteiger partial charge in [0.05, 0.1) is 14.2 Å². The van der Waals surface area contributed by atoms with E-state index in [0.29, 0.717) is 0 Å². The third kappa shape index (κ3) is 9.16. The highest BCUT2D eigenvalue weighted by molar-refractivity contribution is 5.94. The summed E-state index contributed by atoms with van der Waals surface area (Å²) in [7, 11) is 3.39. The van der Waals surface area contributed by atoms with Crippen molar-refractivity contribution in [3.63, 3.8) is 0 Å². The molecule has 2 heteroatoms. The van der Waals surface area contributed by atoms with Crippen molar-refractivity contribution in [3.8, 4) is 11.5 Å². The fraction of sp³-hybridized carbons (Fsp3) is 0.0357. The Labute approximate surface area is 342 Å². The molecule has 0 radical (unpaired) electrons. The SMILES string of the molecule is COc1ccc(C(=Cc2ccc(C=Cc3cc4ccccc4cc3C=Cc3ccc(C=C(c4ccccc4)c4ccc(OC)cc4)cc3)cc2)c2ccccc2)cc1. The fourth-order valence-corrected chi connectivity index (χ4v) is 7.12. The van der Waals surface area contributed by atoms with Gasteiger partial charge >= 0.3 is 0 Å². The van der Waals surface area contributed by atoms with E-state index in [1.165, 1.54) is 21.9 Å². The predicted octanol–water partition coefficient (Wildman–Crippen LogP) is 14.4. The quantitative estimate of drug-likeness (QED) is 0.116. The Morgan fingerprint density at radius 3 is 1.02 bits per heavy atom. The van der Waals surface area contributed by atoms with E-state index < -0.39 is 0 Å². The molecule has 0 atom stereocenters. The highest BCUT2D eigenvalue weighted by atomic mass is 16.5. The number of fused-ring (bicyclic) bond motifs is 1. The second-order valence-corrected chi connectivity index (χ2v) is 14.1. The van der Waals surface area contributed by atoms with Gasteiger partial charge in [-0.05, 0) is 126 Å². The monoisotopic (exact) mass is 748 g/mol. The van der Waals surface area contributed by atoms with E-state index in [1.54, 1.807) is 14.2 Å². The summed E-state index contributed by atoms with van der Waals surface area (Å²) in [6, 6.07) is 68.1. The zero-order chi connectivity index (χ0) is 39.5. The van der Waals surface area contributed by atoms with Crippen LogP contribution in [0.5, 0.6) is 11.5 Å². The number of benzene rings is 8. The van der Waals surface area contributed by atoms with Crippen LogP contribution in [-0.2, 0) is 0 Å². The van der Waals surface area contributed by atoms with Gasteiger partial charge in [-0.1, -0.05) is 182 Å². The molecule has 0 aliphatic heterocycles. The smallest absolute Gasteiger partial charge is 0.118 e. The van der Waals surface area contributed by atoms with Gasteiger partial charge < -0.3 is 9.47 Å². The second-order valence-electron chi connectivity index (χ2n) is 14.1. The molecule has 0 aliphatic carbocycles. The molecule has 0 bridgehead atoms. The molecule has 0 saturated carbocycles. The molecule has 8 rings (SSSR count). The molecule has 0 spiro atoms. The van der Waals surface area contributed by atoms with E-state index in [9.17, 15) is 0 Å². The fourth-order valence-electron chi connectivity index (χ4n) is 7.12. The Bertz CT molecular complexity index is 2530. The molecule has 0 amide bonds. The van der Waals surface area contributed by atoms with Crippen molar-refractivity contribution in [2.75, 3.05) is 14.2 Å². The summed E-state index contributed by atoms with van der Waals surface area (Å²) >= 11 is 0. The number of methoxy groups -OCH3 is 2. The van der Waals surface area contributed by atoms with Crippen LogP contribution >= 0.6 is 0 Å². The third-order valence-corrected chi connectivity index (χ3v) is 10.3. The molecule has 0 N–H and O–H groups in total. The highest BCUT2D eigenvalue weighted by Crippen LogP contribution is 2.30. The van der Waals surface area contributed by atoms with Gasteiger partial charge in [-0.25, -0.2) is 0 Å². The van der Waals surface area contributed by atoms with Gasteiger partial charge in [-0.15, -0.1) is 0 Å². The molecule has 280 valence electrons. The Kier molecular flexibility index (Phi) is 11.7. The standard InChI is InChI=1S/C56H44O2/c1-57-53-33-29-47(30-34-53)55(45-11-5-3-6-12-45)37-43-21-17-41(18-22-43)25-27-51-39-49-15-9-10-16-50(49)40-52(51)28-26-42-19-23-44(24-20-42)38-56(46-13-7-4-8-14-46)48-31-35-54(58-2)36-32-48/h3-40H,1-2H3. The van der Waals surface area contributed by atoms with E-state index >= 15 is 0 Å². The molecular formula is C56H44O2. The first-order chi connectivity index (χ1) is 28.6. The number of hydrogen-bond acceptors (Lipinski definition) is 2. The first kappa shape index (κ1) is 37.5. The highest BCUT2D eigenvalue weighted by Gasteiger charge is 2.08. The van der Waals surface area contributed by atoms with Gasteiger partial charge in [0.1, 0.15) is 11.5 Å². The van der Waals surface area contributed by atoms with Crippen LogP contribution in [0.25, 0.3) is 58.4 Å². The van der Waals surface area contributed by atoms with E-state index in [0.717, 1.165) is 67.2 Å². The lowest BCUT2D eigenvalue weighted by Crippen LogP contribution is -1.89. The molecule has 0 aromatic heterocycles. The van der Waals surface area contributed by atoms with E-state index in [1.807, 2.05) is 24.3 Å². The van der Waals surface area contributed by atoms with Crippen molar-refractivity contribution in [2.45, 2.75) is 0 Å². The maximum atomic E-state index is 5.41. The number of rotatable bonds is 12. The Morgan fingerprint density at radius 1 is 0.328 bits per heavy atom.